The number of aliphatic hydroxyl groups is 1. The molecule has 1 aliphatic carbocycles. The highest BCUT2D eigenvalue weighted by molar-refractivity contribution is 5.95. The molecular weight excluding hydrogens is 294 g/mol. The molecule has 122 valence electrons. The molecule has 1 heterocycles. The fraction of sp³-hybridized carbons (Fsp3) is 0.412. The second-order valence-corrected chi connectivity index (χ2v) is 5.74. The minimum atomic E-state index is -0.327. The molecule has 1 aromatic carbocycles. The van der Waals surface area contributed by atoms with Crippen molar-refractivity contribution in [3.63, 3.8) is 0 Å². The molecule has 1 aromatic heterocycles. The number of aromatic nitrogens is 2. The lowest BCUT2D eigenvalue weighted by Crippen LogP contribution is -2.35. The van der Waals surface area contributed by atoms with E-state index in [2.05, 4.69) is 5.10 Å². The topological polar surface area (TPSA) is 78.6 Å². The summed E-state index contributed by atoms with van der Waals surface area (Å²) in [7, 11) is 0. The number of aliphatic hydroxyl groups excluding tert-OH is 1. The molecule has 2 N–H and O–H groups in total. The number of aromatic hydroxyl groups is 1. The number of carbonyl (C=O) groups excluding carboxylic acids is 1. The fourth-order valence-electron chi connectivity index (χ4n) is 2.75. The van der Waals surface area contributed by atoms with Gasteiger partial charge in [0.05, 0.1) is 18.5 Å². The van der Waals surface area contributed by atoms with Crippen LogP contribution in [0.25, 0.3) is 5.69 Å². The predicted octanol–water partition coefficient (Wildman–Crippen LogP) is 1.74. The van der Waals surface area contributed by atoms with Crippen molar-refractivity contribution in [2.45, 2.75) is 32.2 Å². The smallest absolute Gasteiger partial charge is 0.278 e. The SMILES string of the molecule is CCc1ccccc1-n1cc(O)c(C(=O)N(CCO)C2CC2)n1. The van der Waals surface area contributed by atoms with Crippen molar-refractivity contribution in [1.29, 1.82) is 0 Å². The van der Waals surface area contributed by atoms with Crippen molar-refractivity contribution in [3.8, 4) is 11.4 Å². The minimum absolute atomic E-state index is 0.0382. The Morgan fingerprint density at radius 2 is 2.13 bits per heavy atom. The van der Waals surface area contributed by atoms with Crippen LogP contribution in [-0.2, 0) is 6.42 Å². The van der Waals surface area contributed by atoms with Crippen LogP contribution in [0.5, 0.6) is 5.75 Å². The van der Waals surface area contributed by atoms with Crippen LogP contribution in [0.2, 0.25) is 0 Å². The standard InChI is InChI=1S/C17H21N3O3/c1-2-12-5-3-4-6-14(12)20-11-15(22)16(18-20)17(23)19(9-10-21)13-7-8-13/h3-6,11,13,21-22H,2,7-10H2,1H3. The average Bonchev–Trinajstić information content (AvgIpc) is 3.33. The van der Waals surface area contributed by atoms with Gasteiger partial charge in [-0.2, -0.15) is 5.10 Å². The zero-order chi connectivity index (χ0) is 16.4. The molecule has 1 fully saturated rings. The number of nitrogens with zero attached hydrogens (tertiary/aromatic N) is 3. The number of carbonyl (C=O) groups is 1. The first kappa shape index (κ1) is 15.6. The summed E-state index contributed by atoms with van der Waals surface area (Å²) < 4.78 is 1.55. The van der Waals surface area contributed by atoms with E-state index in [1.807, 2.05) is 31.2 Å². The molecule has 0 atom stereocenters. The summed E-state index contributed by atoms with van der Waals surface area (Å²) in [5.41, 5.74) is 1.98. The summed E-state index contributed by atoms with van der Waals surface area (Å²) in [6.45, 7) is 2.22. The summed E-state index contributed by atoms with van der Waals surface area (Å²) in [5.74, 6) is -0.462. The maximum atomic E-state index is 12.6. The average molecular weight is 315 g/mol. The van der Waals surface area contributed by atoms with Crippen molar-refractivity contribution in [2.24, 2.45) is 0 Å². The maximum Gasteiger partial charge on any atom is 0.278 e. The third kappa shape index (κ3) is 3.07. The third-order valence-electron chi connectivity index (χ3n) is 4.11. The molecule has 1 amide bonds. The lowest BCUT2D eigenvalue weighted by Gasteiger charge is -2.20. The van der Waals surface area contributed by atoms with E-state index in [0.717, 1.165) is 30.5 Å². The Morgan fingerprint density at radius 1 is 1.39 bits per heavy atom. The van der Waals surface area contributed by atoms with Gasteiger partial charge in [0.25, 0.3) is 5.91 Å². The number of para-hydroxylation sites is 1. The third-order valence-corrected chi connectivity index (χ3v) is 4.11. The van der Waals surface area contributed by atoms with E-state index in [1.165, 1.54) is 6.20 Å². The van der Waals surface area contributed by atoms with Gasteiger partial charge in [-0.1, -0.05) is 25.1 Å². The van der Waals surface area contributed by atoms with Gasteiger partial charge < -0.3 is 15.1 Å². The quantitative estimate of drug-likeness (QED) is 0.851. The highest BCUT2D eigenvalue weighted by Crippen LogP contribution is 2.30. The van der Waals surface area contributed by atoms with E-state index in [0.29, 0.717) is 0 Å². The van der Waals surface area contributed by atoms with Gasteiger partial charge in [0.1, 0.15) is 0 Å². The van der Waals surface area contributed by atoms with Crippen LogP contribution in [0.4, 0.5) is 0 Å². The highest BCUT2D eigenvalue weighted by atomic mass is 16.3. The maximum absolute atomic E-state index is 12.6. The highest BCUT2D eigenvalue weighted by Gasteiger charge is 2.34. The van der Waals surface area contributed by atoms with Crippen molar-refractivity contribution < 1.29 is 15.0 Å². The number of hydrogen-bond donors (Lipinski definition) is 2. The minimum Gasteiger partial charge on any atom is -0.504 e. The molecule has 6 nitrogen and oxygen atoms in total. The van der Waals surface area contributed by atoms with E-state index in [-0.39, 0.29) is 36.5 Å². The summed E-state index contributed by atoms with van der Waals surface area (Å²) >= 11 is 0. The molecule has 2 aromatic rings. The predicted molar refractivity (Wildman–Crippen MR) is 85.8 cm³/mol. The zero-order valence-electron chi connectivity index (χ0n) is 13.1. The number of aryl methyl sites for hydroxylation is 1. The van der Waals surface area contributed by atoms with Crippen LogP contribution in [0.3, 0.4) is 0 Å². The van der Waals surface area contributed by atoms with E-state index >= 15 is 0 Å². The van der Waals surface area contributed by atoms with E-state index in [4.69, 9.17) is 5.11 Å². The van der Waals surface area contributed by atoms with Gasteiger partial charge >= 0.3 is 0 Å². The van der Waals surface area contributed by atoms with Crippen molar-refractivity contribution in [2.75, 3.05) is 13.2 Å². The number of amides is 1. The molecule has 0 aliphatic heterocycles. The van der Waals surface area contributed by atoms with Crippen LogP contribution < -0.4 is 0 Å². The molecule has 0 saturated heterocycles. The van der Waals surface area contributed by atoms with Gasteiger partial charge in [0.15, 0.2) is 11.4 Å². The van der Waals surface area contributed by atoms with Crippen LogP contribution in [0.1, 0.15) is 35.8 Å². The summed E-state index contributed by atoms with van der Waals surface area (Å²) in [4.78, 5) is 14.2. The van der Waals surface area contributed by atoms with Crippen molar-refractivity contribution in [1.82, 2.24) is 14.7 Å². The summed E-state index contributed by atoms with van der Waals surface area (Å²) in [6, 6.07) is 7.91. The van der Waals surface area contributed by atoms with Crippen LogP contribution in [-0.4, -0.2) is 50.0 Å². The summed E-state index contributed by atoms with van der Waals surface area (Å²) in [5, 5.41) is 23.6. The molecule has 0 unspecified atom stereocenters. The molecule has 1 aliphatic rings. The largest absolute Gasteiger partial charge is 0.504 e. The summed E-state index contributed by atoms with van der Waals surface area (Å²) in [6.07, 6.45) is 4.17. The molecular formula is C17H21N3O3. The van der Waals surface area contributed by atoms with Crippen LogP contribution >= 0.6 is 0 Å². The van der Waals surface area contributed by atoms with E-state index in [1.54, 1.807) is 9.58 Å². The van der Waals surface area contributed by atoms with E-state index in [9.17, 15) is 9.90 Å². The lowest BCUT2D eigenvalue weighted by molar-refractivity contribution is 0.0698. The Morgan fingerprint density at radius 3 is 2.78 bits per heavy atom. The Labute approximate surface area is 135 Å². The first-order valence-electron chi connectivity index (χ1n) is 7.94. The first-order chi connectivity index (χ1) is 11.2. The first-order valence-corrected chi connectivity index (χ1v) is 7.94. The van der Waals surface area contributed by atoms with Gasteiger partial charge in [-0.3, -0.25) is 4.79 Å². The van der Waals surface area contributed by atoms with Gasteiger partial charge in [-0.25, -0.2) is 4.68 Å². The van der Waals surface area contributed by atoms with Crippen molar-refractivity contribution >= 4 is 5.91 Å². The second-order valence-electron chi connectivity index (χ2n) is 5.74. The van der Waals surface area contributed by atoms with Crippen LogP contribution in [0, 0.1) is 0 Å². The second kappa shape index (κ2) is 6.42. The lowest BCUT2D eigenvalue weighted by atomic mass is 10.1. The molecule has 6 heteroatoms. The van der Waals surface area contributed by atoms with Crippen molar-refractivity contribution in [3.05, 3.63) is 41.7 Å². The zero-order valence-corrected chi connectivity index (χ0v) is 13.1. The number of rotatable bonds is 6. The number of hydrogen-bond acceptors (Lipinski definition) is 4. The molecule has 1 saturated carbocycles. The molecule has 3 rings (SSSR count). The number of benzene rings is 1. The Balaban J connectivity index is 1.93. The van der Waals surface area contributed by atoms with Gasteiger partial charge in [-0.15, -0.1) is 0 Å². The molecule has 23 heavy (non-hydrogen) atoms. The Hall–Kier alpha value is -2.34. The van der Waals surface area contributed by atoms with Gasteiger partial charge in [0.2, 0.25) is 0 Å². The Kier molecular flexibility index (Phi) is 4.34. The van der Waals surface area contributed by atoms with Gasteiger partial charge in [0, 0.05) is 12.6 Å². The monoisotopic (exact) mass is 315 g/mol. The van der Waals surface area contributed by atoms with Gasteiger partial charge in [-0.05, 0) is 30.9 Å². The van der Waals surface area contributed by atoms with Crippen LogP contribution in [0.15, 0.2) is 30.5 Å². The fourth-order valence-corrected chi connectivity index (χ4v) is 2.75. The Bertz CT molecular complexity index is 707. The normalized spacial score (nSPS) is 14.0. The van der Waals surface area contributed by atoms with E-state index < -0.39 is 0 Å². The molecule has 0 spiro atoms. The molecule has 0 radical (unpaired) electrons. The molecule has 0 bridgehead atoms.